The minimum Gasteiger partial charge on any atom is -0.399 e. The van der Waals surface area contributed by atoms with E-state index in [0.717, 1.165) is 28.8 Å². The second-order valence-corrected chi connectivity index (χ2v) is 9.58. The van der Waals surface area contributed by atoms with Crippen LogP contribution in [0.5, 0.6) is 0 Å². The molecule has 3 nitrogen and oxygen atoms in total. The summed E-state index contributed by atoms with van der Waals surface area (Å²) in [5, 5.41) is 0. The molecule has 0 spiro atoms. The Labute approximate surface area is 164 Å². The predicted octanol–water partition coefficient (Wildman–Crippen LogP) is 5.54. The molecule has 0 N–H and O–H groups in total. The Morgan fingerprint density at radius 1 is 0.962 bits per heavy atom. The van der Waals surface area contributed by atoms with Crippen molar-refractivity contribution in [1.29, 1.82) is 0 Å². The fourth-order valence-corrected chi connectivity index (χ4v) is 4.30. The van der Waals surface area contributed by atoms with Gasteiger partial charge in [-0.3, -0.25) is 4.79 Å². The Hall–Kier alpha value is -0.645. The van der Waals surface area contributed by atoms with Gasteiger partial charge in [0, 0.05) is 4.78 Å². The van der Waals surface area contributed by atoms with Gasteiger partial charge in [0.25, 0.3) is 0 Å². The SMILES string of the molecule is CCCCCCCCCCc1cc(C=O)sc1B1OC(C)(C)C(C)(C)O1. The van der Waals surface area contributed by atoms with E-state index in [9.17, 15) is 4.79 Å². The minimum absolute atomic E-state index is 0.348. The third kappa shape index (κ3) is 5.43. The zero-order valence-electron chi connectivity index (χ0n) is 17.2. The Bertz CT molecular complexity index is 564. The maximum atomic E-state index is 11.3. The second kappa shape index (κ2) is 9.52. The number of aryl methyl sites for hydroxylation is 1. The van der Waals surface area contributed by atoms with E-state index in [1.807, 2.05) is 6.07 Å². The van der Waals surface area contributed by atoms with Crippen molar-refractivity contribution in [2.45, 2.75) is 104 Å². The lowest BCUT2D eigenvalue weighted by Gasteiger charge is -2.32. The van der Waals surface area contributed by atoms with Crippen LogP contribution in [0, 0.1) is 0 Å². The normalized spacial score (nSPS) is 18.4. The van der Waals surface area contributed by atoms with Crippen molar-refractivity contribution in [3.05, 3.63) is 16.5 Å². The van der Waals surface area contributed by atoms with Crippen LogP contribution >= 0.6 is 11.3 Å². The van der Waals surface area contributed by atoms with Crippen molar-refractivity contribution in [3.63, 3.8) is 0 Å². The van der Waals surface area contributed by atoms with Gasteiger partial charge >= 0.3 is 7.12 Å². The molecular formula is C21H35BO3S. The highest BCUT2D eigenvalue weighted by Crippen LogP contribution is 2.37. The van der Waals surface area contributed by atoms with Gasteiger partial charge in [0.15, 0.2) is 6.29 Å². The van der Waals surface area contributed by atoms with E-state index < -0.39 is 0 Å². The van der Waals surface area contributed by atoms with Crippen molar-refractivity contribution in [1.82, 2.24) is 0 Å². The minimum atomic E-state index is -0.359. The lowest BCUT2D eigenvalue weighted by atomic mass is 9.83. The predicted molar refractivity (Wildman–Crippen MR) is 112 cm³/mol. The van der Waals surface area contributed by atoms with Gasteiger partial charge in [-0.2, -0.15) is 0 Å². The molecule has 5 heteroatoms. The van der Waals surface area contributed by atoms with Gasteiger partial charge in [-0.25, -0.2) is 0 Å². The van der Waals surface area contributed by atoms with E-state index in [0.29, 0.717) is 0 Å². The molecule has 0 atom stereocenters. The Morgan fingerprint density at radius 3 is 2.04 bits per heavy atom. The fraction of sp³-hybridized carbons (Fsp3) is 0.762. The van der Waals surface area contributed by atoms with Crippen LogP contribution in [0.3, 0.4) is 0 Å². The van der Waals surface area contributed by atoms with Crippen LogP contribution in [0.15, 0.2) is 6.07 Å². The summed E-state index contributed by atoms with van der Waals surface area (Å²) >= 11 is 1.52. The van der Waals surface area contributed by atoms with Crippen molar-refractivity contribution in [2.24, 2.45) is 0 Å². The lowest BCUT2D eigenvalue weighted by molar-refractivity contribution is 0.00578. The summed E-state index contributed by atoms with van der Waals surface area (Å²) in [5.41, 5.74) is 0.527. The first-order valence-corrected chi connectivity index (χ1v) is 11.1. The van der Waals surface area contributed by atoms with Crippen LogP contribution < -0.4 is 4.78 Å². The molecule has 146 valence electrons. The van der Waals surface area contributed by atoms with Crippen LogP contribution in [-0.4, -0.2) is 24.6 Å². The van der Waals surface area contributed by atoms with E-state index in [4.69, 9.17) is 9.31 Å². The first-order valence-electron chi connectivity index (χ1n) is 10.2. The standard InChI is InChI=1S/C21H35BO3S/c1-6-7-8-9-10-11-12-13-14-17-15-18(16-23)26-19(17)22-24-20(2,3)21(4,5)25-22/h15-16H,6-14H2,1-5H3. The van der Waals surface area contributed by atoms with E-state index >= 15 is 0 Å². The largest absolute Gasteiger partial charge is 0.505 e. The molecule has 1 aromatic heterocycles. The van der Waals surface area contributed by atoms with Gasteiger partial charge < -0.3 is 9.31 Å². The van der Waals surface area contributed by atoms with Crippen LogP contribution in [0.2, 0.25) is 0 Å². The topological polar surface area (TPSA) is 35.5 Å². The highest BCUT2D eigenvalue weighted by Gasteiger charge is 2.52. The highest BCUT2D eigenvalue weighted by molar-refractivity contribution is 7.23. The quantitative estimate of drug-likeness (QED) is 0.288. The monoisotopic (exact) mass is 378 g/mol. The van der Waals surface area contributed by atoms with Crippen LogP contribution in [0.25, 0.3) is 0 Å². The molecule has 0 aromatic carbocycles. The summed E-state index contributed by atoms with van der Waals surface area (Å²) < 4.78 is 13.5. The van der Waals surface area contributed by atoms with Gasteiger partial charge in [0.05, 0.1) is 16.1 Å². The maximum Gasteiger partial charge on any atom is 0.505 e. The summed E-state index contributed by atoms with van der Waals surface area (Å²) in [7, 11) is -0.359. The molecule has 1 aliphatic rings. The van der Waals surface area contributed by atoms with E-state index in [1.165, 1.54) is 61.8 Å². The number of hydrogen-bond donors (Lipinski definition) is 0. The molecule has 1 fully saturated rings. The maximum absolute atomic E-state index is 11.3. The lowest BCUT2D eigenvalue weighted by Crippen LogP contribution is -2.41. The molecule has 0 bridgehead atoms. The first kappa shape index (κ1) is 21.7. The summed E-state index contributed by atoms with van der Waals surface area (Å²) in [4.78, 5) is 12.0. The first-order chi connectivity index (χ1) is 12.3. The molecule has 1 aliphatic heterocycles. The zero-order valence-corrected chi connectivity index (χ0v) is 18.0. The molecular weight excluding hydrogens is 343 g/mol. The van der Waals surface area contributed by atoms with E-state index in [1.54, 1.807) is 0 Å². The van der Waals surface area contributed by atoms with Crippen molar-refractivity contribution < 1.29 is 14.1 Å². The molecule has 1 aromatic rings. The number of carbonyl (C=O) groups excluding carboxylic acids is 1. The molecule has 0 saturated carbocycles. The van der Waals surface area contributed by atoms with E-state index in [2.05, 4.69) is 34.6 Å². The molecule has 0 amide bonds. The summed E-state index contributed by atoms with van der Waals surface area (Å²) in [6, 6.07) is 2.03. The Morgan fingerprint density at radius 2 is 1.50 bits per heavy atom. The van der Waals surface area contributed by atoms with Crippen LogP contribution in [0.4, 0.5) is 0 Å². The fourth-order valence-electron chi connectivity index (χ4n) is 3.32. The van der Waals surface area contributed by atoms with Gasteiger partial charge in [-0.05, 0) is 52.2 Å². The van der Waals surface area contributed by atoms with Crippen molar-refractivity contribution >= 4 is 29.5 Å². The zero-order chi connectivity index (χ0) is 19.2. The average molecular weight is 378 g/mol. The number of unbranched alkanes of at least 4 members (excludes halogenated alkanes) is 7. The molecule has 0 radical (unpaired) electrons. The molecule has 2 heterocycles. The third-order valence-corrected chi connectivity index (χ3v) is 6.87. The second-order valence-electron chi connectivity index (χ2n) is 8.47. The number of aldehydes is 1. The van der Waals surface area contributed by atoms with Gasteiger partial charge in [0.1, 0.15) is 0 Å². The van der Waals surface area contributed by atoms with Gasteiger partial charge in [-0.15, -0.1) is 11.3 Å². The molecule has 26 heavy (non-hydrogen) atoms. The molecule has 2 rings (SSSR count). The summed E-state index contributed by atoms with van der Waals surface area (Å²) in [6.45, 7) is 10.5. The number of carbonyl (C=O) groups is 1. The summed E-state index contributed by atoms with van der Waals surface area (Å²) in [6.07, 6.45) is 12.4. The third-order valence-electron chi connectivity index (χ3n) is 5.74. The van der Waals surface area contributed by atoms with Gasteiger partial charge in [0.2, 0.25) is 0 Å². The van der Waals surface area contributed by atoms with Crippen LogP contribution in [0.1, 0.15) is 101 Å². The molecule has 0 aliphatic carbocycles. The Balaban J connectivity index is 1.89. The van der Waals surface area contributed by atoms with Crippen LogP contribution in [-0.2, 0) is 15.7 Å². The Kier molecular flexibility index (Phi) is 7.93. The smallest absolute Gasteiger partial charge is 0.399 e. The van der Waals surface area contributed by atoms with Gasteiger partial charge in [-0.1, -0.05) is 51.9 Å². The number of thiophene rings is 1. The van der Waals surface area contributed by atoms with Crippen molar-refractivity contribution in [3.8, 4) is 0 Å². The summed E-state index contributed by atoms with van der Waals surface area (Å²) in [5.74, 6) is 0. The number of rotatable bonds is 11. The highest BCUT2D eigenvalue weighted by atomic mass is 32.1. The van der Waals surface area contributed by atoms with Crippen molar-refractivity contribution in [2.75, 3.05) is 0 Å². The molecule has 1 saturated heterocycles. The molecule has 0 unspecified atom stereocenters. The average Bonchev–Trinajstić information content (AvgIpc) is 3.08. The number of hydrogen-bond acceptors (Lipinski definition) is 4. The van der Waals surface area contributed by atoms with E-state index in [-0.39, 0.29) is 18.3 Å².